The minimum atomic E-state index is -0.591. The molecule has 0 bridgehead atoms. The molecule has 1 N–H and O–H groups in total. The van der Waals surface area contributed by atoms with Crippen LogP contribution in [0.15, 0.2) is 42.5 Å². The van der Waals surface area contributed by atoms with Gasteiger partial charge in [-0.3, -0.25) is 19.7 Å². The monoisotopic (exact) mass is 439 g/mol. The number of anilines is 1. The van der Waals surface area contributed by atoms with Crippen LogP contribution in [0.2, 0.25) is 10.0 Å². The highest BCUT2D eigenvalue weighted by Gasteiger charge is 2.20. The van der Waals surface area contributed by atoms with Crippen LogP contribution in [0.1, 0.15) is 13.3 Å². The zero-order valence-electron chi connectivity index (χ0n) is 15.6. The maximum atomic E-state index is 12.5. The lowest BCUT2D eigenvalue weighted by molar-refractivity contribution is -0.385. The van der Waals surface area contributed by atoms with Gasteiger partial charge in [0, 0.05) is 17.6 Å². The van der Waals surface area contributed by atoms with Crippen LogP contribution in [0.5, 0.6) is 5.75 Å². The van der Waals surface area contributed by atoms with Crippen molar-refractivity contribution in [2.45, 2.75) is 13.3 Å². The van der Waals surface area contributed by atoms with E-state index in [2.05, 4.69) is 5.32 Å². The molecule has 2 aromatic carbocycles. The van der Waals surface area contributed by atoms with Crippen LogP contribution in [0, 0.1) is 10.1 Å². The van der Waals surface area contributed by atoms with Gasteiger partial charge in [-0.2, -0.15) is 0 Å². The summed E-state index contributed by atoms with van der Waals surface area (Å²) in [5.74, 6) is -0.948. The van der Waals surface area contributed by atoms with E-state index in [4.69, 9.17) is 27.9 Å². The summed E-state index contributed by atoms with van der Waals surface area (Å²) in [6.45, 7) is 1.51. The molecule has 0 saturated heterocycles. The van der Waals surface area contributed by atoms with E-state index >= 15 is 0 Å². The third-order valence-corrected chi connectivity index (χ3v) is 4.36. The van der Waals surface area contributed by atoms with Gasteiger partial charge in [-0.1, -0.05) is 42.3 Å². The van der Waals surface area contributed by atoms with Gasteiger partial charge >= 0.3 is 5.69 Å². The van der Waals surface area contributed by atoms with E-state index < -0.39 is 23.3 Å². The summed E-state index contributed by atoms with van der Waals surface area (Å²) in [5.41, 5.74) is 0.0971. The van der Waals surface area contributed by atoms with E-state index in [-0.39, 0.29) is 18.0 Å². The highest BCUT2D eigenvalue weighted by Crippen LogP contribution is 2.26. The van der Waals surface area contributed by atoms with Gasteiger partial charge in [0.05, 0.1) is 22.2 Å². The molecule has 29 heavy (non-hydrogen) atoms. The number of nitro groups is 1. The van der Waals surface area contributed by atoms with Gasteiger partial charge in [-0.15, -0.1) is 0 Å². The van der Waals surface area contributed by atoms with Crippen molar-refractivity contribution in [3.8, 4) is 5.75 Å². The second kappa shape index (κ2) is 10.6. The number of rotatable bonds is 9. The van der Waals surface area contributed by atoms with Gasteiger partial charge in [0.1, 0.15) is 0 Å². The van der Waals surface area contributed by atoms with Gasteiger partial charge in [-0.25, -0.2) is 0 Å². The molecule has 154 valence electrons. The number of halogens is 2. The fraction of sp³-hybridized carbons (Fsp3) is 0.263. The SMILES string of the molecule is CCCN(CC(=O)Nc1cc(Cl)ccc1Cl)C(=O)COc1ccccc1[N+](=O)[O-]. The zero-order valence-corrected chi connectivity index (χ0v) is 17.1. The van der Waals surface area contributed by atoms with Crippen molar-refractivity contribution in [2.24, 2.45) is 0 Å². The minimum Gasteiger partial charge on any atom is -0.477 e. The zero-order chi connectivity index (χ0) is 21.4. The highest BCUT2D eigenvalue weighted by molar-refractivity contribution is 6.35. The maximum absolute atomic E-state index is 12.5. The number of para-hydroxylation sites is 2. The second-order valence-corrected chi connectivity index (χ2v) is 6.84. The fourth-order valence-electron chi connectivity index (χ4n) is 2.48. The van der Waals surface area contributed by atoms with Crippen LogP contribution < -0.4 is 10.1 Å². The number of nitro benzene ring substituents is 1. The number of nitrogens with zero attached hydrogens (tertiary/aromatic N) is 2. The van der Waals surface area contributed by atoms with E-state index in [1.165, 1.54) is 29.2 Å². The van der Waals surface area contributed by atoms with Crippen molar-refractivity contribution in [1.82, 2.24) is 4.90 Å². The molecule has 0 saturated carbocycles. The van der Waals surface area contributed by atoms with Crippen LogP contribution in [0.25, 0.3) is 0 Å². The Morgan fingerprint density at radius 2 is 1.93 bits per heavy atom. The lowest BCUT2D eigenvalue weighted by Crippen LogP contribution is -2.41. The van der Waals surface area contributed by atoms with Crippen molar-refractivity contribution in [1.29, 1.82) is 0 Å². The smallest absolute Gasteiger partial charge is 0.310 e. The number of benzene rings is 2. The van der Waals surface area contributed by atoms with Crippen molar-refractivity contribution in [3.05, 3.63) is 62.6 Å². The molecule has 8 nitrogen and oxygen atoms in total. The molecule has 0 unspecified atom stereocenters. The summed E-state index contributed by atoms with van der Waals surface area (Å²) in [4.78, 5) is 36.6. The molecule has 0 fully saturated rings. The molecule has 0 atom stereocenters. The molecule has 0 radical (unpaired) electrons. The first-order chi connectivity index (χ1) is 13.8. The summed E-state index contributed by atoms with van der Waals surface area (Å²) >= 11 is 11.9. The quantitative estimate of drug-likeness (QED) is 0.466. The molecule has 0 spiro atoms. The summed E-state index contributed by atoms with van der Waals surface area (Å²) in [6.07, 6.45) is 0.614. The standard InChI is InChI=1S/C19H19Cl2N3O5/c1-2-9-23(11-18(25)22-15-10-13(20)7-8-14(15)21)19(26)12-29-17-6-4-3-5-16(17)24(27)28/h3-8,10H,2,9,11-12H2,1H3,(H,22,25). The molecule has 0 aliphatic rings. The Hall–Kier alpha value is -2.84. The van der Waals surface area contributed by atoms with Crippen molar-refractivity contribution in [2.75, 3.05) is 25.0 Å². The van der Waals surface area contributed by atoms with E-state index in [1.807, 2.05) is 6.92 Å². The molecular formula is C19H19Cl2N3O5. The number of carbonyl (C=O) groups is 2. The Kier molecular flexibility index (Phi) is 8.23. The summed E-state index contributed by atoms with van der Waals surface area (Å²) < 4.78 is 5.32. The average molecular weight is 440 g/mol. The maximum Gasteiger partial charge on any atom is 0.310 e. The Morgan fingerprint density at radius 1 is 1.21 bits per heavy atom. The number of hydrogen-bond acceptors (Lipinski definition) is 5. The van der Waals surface area contributed by atoms with Crippen molar-refractivity contribution >= 4 is 46.4 Å². The molecule has 0 aromatic heterocycles. The summed E-state index contributed by atoms with van der Waals surface area (Å²) in [6, 6.07) is 10.4. The first-order valence-electron chi connectivity index (χ1n) is 8.70. The largest absolute Gasteiger partial charge is 0.477 e. The molecule has 0 aliphatic heterocycles. The van der Waals surface area contributed by atoms with Gasteiger partial charge in [0.2, 0.25) is 5.91 Å². The number of ether oxygens (including phenoxy) is 1. The summed E-state index contributed by atoms with van der Waals surface area (Å²) in [7, 11) is 0. The Morgan fingerprint density at radius 3 is 2.62 bits per heavy atom. The normalized spacial score (nSPS) is 10.3. The van der Waals surface area contributed by atoms with Crippen molar-refractivity contribution < 1.29 is 19.2 Å². The highest BCUT2D eigenvalue weighted by atomic mass is 35.5. The number of amides is 2. The summed E-state index contributed by atoms with van der Waals surface area (Å²) in [5, 5.41) is 14.4. The molecule has 2 aromatic rings. The van der Waals surface area contributed by atoms with E-state index in [1.54, 1.807) is 18.2 Å². The first-order valence-corrected chi connectivity index (χ1v) is 9.46. The van der Waals surface area contributed by atoms with Gasteiger partial charge in [0.15, 0.2) is 12.4 Å². The number of nitrogens with one attached hydrogen (secondary N) is 1. The van der Waals surface area contributed by atoms with Crippen LogP contribution in [-0.2, 0) is 9.59 Å². The van der Waals surface area contributed by atoms with Crippen LogP contribution in [-0.4, -0.2) is 41.3 Å². The van der Waals surface area contributed by atoms with E-state index in [0.29, 0.717) is 28.7 Å². The predicted octanol–water partition coefficient (Wildman–Crippen LogP) is 4.16. The Bertz CT molecular complexity index is 907. The van der Waals surface area contributed by atoms with Crippen LogP contribution >= 0.6 is 23.2 Å². The van der Waals surface area contributed by atoms with E-state index in [9.17, 15) is 19.7 Å². The van der Waals surface area contributed by atoms with Gasteiger partial charge < -0.3 is 15.0 Å². The minimum absolute atomic E-state index is 0.0162. The molecular weight excluding hydrogens is 421 g/mol. The lowest BCUT2D eigenvalue weighted by Gasteiger charge is -2.22. The average Bonchev–Trinajstić information content (AvgIpc) is 2.68. The third-order valence-electron chi connectivity index (χ3n) is 3.80. The topological polar surface area (TPSA) is 102 Å². The molecule has 2 amide bonds. The van der Waals surface area contributed by atoms with Crippen LogP contribution in [0.3, 0.4) is 0 Å². The molecule has 0 aliphatic carbocycles. The number of hydrogen-bond donors (Lipinski definition) is 1. The predicted molar refractivity (Wildman–Crippen MR) is 111 cm³/mol. The third kappa shape index (κ3) is 6.62. The second-order valence-electron chi connectivity index (χ2n) is 6.00. The fourth-order valence-corrected chi connectivity index (χ4v) is 2.82. The number of carbonyl (C=O) groups excluding carboxylic acids is 2. The van der Waals surface area contributed by atoms with Gasteiger partial charge in [-0.05, 0) is 30.7 Å². The van der Waals surface area contributed by atoms with Crippen molar-refractivity contribution in [3.63, 3.8) is 0 Å². The molecule has 2 rings (SSSR count). The lowest BCUT2D eigenvalue weighted by atomic mass is 10.3. The Balaban J connectivity index is 2.01. The first kappa shape index (κ1) is 22.4. The van der Waals surface area contributed by atoms with Gasteiger partial charge in [0.25, 0.3) is 5.91 Å². The molecule has 0 heterocycles. The Labute approximate surface area is 177 Å². The molecule has 10 heteroatoms. The van der Waals surface area contributed by atoms with E-state index in [0.717, 1.165) is 0 Å². The van der Waals surface area contributed by atoms with Crippen LogP contribution in [0.4, 0.5) is 11.4 Å².